The van der Waals surface area contributed by atoms with Gasteiger partial charge in [0.1, 0.15) is 5.82 Å². The maximum Gasteiger partial charge on any atom is 0.248 e. The lowest BCUT2D eigenvalue weighted by Crippen LogP contribution is -2.15. The van der Waals surface area contributed by atoms with Crippen LogP contribution in [0.3, 0.4) is 0 Å². The molecule has 0 fully saturated rings. The van der Waals surface area contributed by atoms with Gasteiger partial charge in [-0.2, -0.15) is 0 Å². The van der Waals surface area contributed by atoms with Gasteiger partial charge >= 0.3 is 0 Å². The van der Waals surface area contributed by atoms with Gasteiger partial charge in [-0.15, -0.1) is 10.2 Å². The molecule has 2 amide bonds. The predicted octanol–water partition coefficient (Wildman–Crippen LogP) is 3.90. The van der Waals surface area contributed by atoms with E-state index in [1.54, 1.807) is 34.9 Å². The number of amides is 2. The number of rotatable bonds is 7. The fourth-order valence-electron chi connectivity index (χ4n) is 3.04. The summed E-state index contributed by atoms with van der Waals surface area (Å²) in [5, 5.41) is 11.6. The van der Waals surface area contributed by atoms with Crippen LogP contribution in [0, 0.1) is 5.82 Å². The van der Waals surface area contributed by atoms with Gasteiger partial charge in [0.05, 0.1) is 11.3 Å². The number of para-hydroxylation sites is 1. The molecule has 0 saturated carbocycles. The lowest BCUT2D eigenvalue weighted by atomic mass is 10.2. The number of primary amides is 1. The van der Waals surface area contributed by atoms with Gasteiger partial charge in [0, 0.05) is 16.9 Å². The molecule has 0 radical (unpaired) electrons. The van der Waals surface area contributed by atoms with E-state index in [1.807, 2.05) is 30.3 Å². The van der Waals surface area contributed by atoms with Gasteiger partial charge in [-0.3, -0.25) is 14.2 Å². The number of halogens is 1. The number of nitrogens with zero attached hydrogens (tertiary/aromatic N) is 3. The van der Waals surface area contributed by atoms with E-state index < -0.39 is 11.7 Å². The Morgan fingerprint density at radius 1 is 0.938 bits per heavy atom. The summed E-state index contributed by atoms with van der Waals surface area (Å²) in [6.07, 6.45) is 0. The van der Waals surface area contributed by atoms with Crippen molar-refractivity contribution in [2.24, 2.45) is 5.73 Å². The largest absolute Gasteiger partial charge is 0.366 e. The molecular formula is C23H18FN5O2S. The van der Waals surface area contributed by atoms with Gasteiger partial charge in [-0.1, -0.05) is 42.1 Å². The molecule has 1 aromatic heterocycles. The number of anilines is 1. The van der Waals surface area contributed by atoms with E-state index in [9.17, 15) is 14.0 Å². The molecule has 9 heteroatoms. The van der Waals surface area contributed by atoms with Crippen LogP contribution in [0.1, 0.15) is 10.4 Å². The van der Waals surface area contributed by atoms with Crippen LogP contribution in [-0.2, 0) is 4.79 Å². The minimum absolute atomic E-state index is 0.0554. The highest BCUT2D eigenvalue weighted by Crippen LogP contribution is 2.29. The number of nitrogens with two attached hydrogens (primary N) is 1. The smallest absolute Gasteiger partial charge is 0.248 e. The van der Waals surface area contributed by atoms with E-state index in [0.29, 0.717) is 27.8 Å². The van der Waals surface area contributed by atoms with Gasteiger partial charge in [0.25, 0.3) is 0 Å². The molecule has 0 aliphatic rings. The van der Waals surface area contributed by atoms with E-state index >= 15 is 0 Å². The van der Waals surface area contributed by atoms with Gasteiger partial charge in [-0.05, 0) is 48.5 Å². The number of benzene rings is 3. The maximum atomic E-state index is 14.4. The average Bonchev–Trinajstić information content (AvgIpc) is 3.22. The van der Waals surface area contributed by atoms with Crippen molar-refractivity contribution in [1.29, 1.82) is 0 Å². The maximum absolute atomic E-state index is 14.4. The van der Waals surface area contributed by atoms with E-state index in [1.165, 1.54) is 30.0 Å². The SMILES string of the molecule is NC(=O)c1ccc(NC(=O)CSc2nnc(-c3ccccc3F)n2-c2ccccc2)cc1. The van der Waals surface area contributed by atoms with Crippen LogP contribution in [0.2, 0.25) is 0 Å². The van der Waals surface area contributed by atoms with Crippen LogP contribution in [0.4, 0.5) is 10.1 Å². The Hall–Kier alpha value is -3.98. The summed E-state index contributed by atoms with van der Waals surface area (Å²) in [5.41, 5.74) is 7.18. The molecule has 1 heterocycles. The molecule has 7 nitrogen and oxygen atoms in total. The van der Waals surface area contributed by atoms with Gasteiger partial charge in [0.15, 0.2) is 11.0 Å². The minimum Gasteiger partial charge on any atom is -0.366 e. The van der Waals surface area contributed by atoms with Gasteiger partial charge in [-0.25, -0.2) is 4.39 Å². The summed E-state index contributed by atoms with van der Waals surface area (Å²) >= 11 is 1.18. The van der Waals surface area contributed by atoms with Crippen molar-refractivity contribution in [2.45, 2.75) is 5.16 Å². The van der Waals surface area contributed by atoms with Crippen molar-refractivity contribution in [3.8, 4) is 17.1 Å². The third kappa shape index (κ3) is 4.68. The first kappa shape index (κ1) is 21.3. The van der Waals surface area contributed by atoms with E-state index in [0.717, 1.165) is 5.69 Å². The quantitative estimate of drug-likeness (QED) is 0.418. The minimum atomic E-state index is -0.538. The van der Waals surface area contributed by atoms with Gasteiger partial charge < -0.3 is 11.1 Å². The molecule has 0 unspecified atom stereocenters. The number of nitrogens with one attached hydrogen (secondary N) is 1. The summed E-state index contributed by atoms with van der Waals surface area (Å²) < 4.78 is 16.2. The zero-order chi connectivity index (χ0) is 22.5. The third-order valence-electron chi connectivity index (χ3n) is 4.55. The van der Waals surface area contributed by atoms with Crippen LogP contribution in [0.25, 0.3) is 17.1 Å². The Kier molecular flexibility index (Phi) is 6.27. The van der Waals surface area contributed by atoms with Gasteiger partial charge in [0.2, 0.25) is 11.8 Å². The first-order valence-corrected chi connectivity index (χ1v) is 10.6. The molecule has 160 valence electrons. The highest BCUT2D eigenvalue weighted by atomic mass is 32.2. The number of hydrogen-bond donors (Lipinski definition) is 2. The number of thioether (sulfide) groups is 1. The van der Waals surface area contributed by atoms with Crippen molar-refractivity contribution >= 4 is 29.3 Å². The molecule has 3 aromatic carbocycles. The predicted molar refractivity (Wildman–Crippen MR) is 121 cm³/mol. The normalized spacial score (nSPS) is 10.7. The lowest BCUT2D eigenvalue weighted by molar-refractivity contribution is -0.113. The molecule has 4 aromatic rings. The second-order valence-corrected chi connectivity index (χ2v) is 7.68. The molecule has 0 bridgehead atoms. The molecule has 0 saturated heterocycles. The second kappa shape index (κ2) is 9.44. The van der Waals surface area contributed by atoms with Crippen LogP contribution >= 0.6 is 11.8 Å². The summed E-state index contributed by atoms with van der Waals surface area (Å²) in [6.45, 7) is 0. The van der Waals surface area contributed by atoms with E-state index in [4.69, 9.17) is 5.73 Å². The molecule has 3 N–H and O–H groups in total. The third-order valence-corrected chi connectivity index (χ3v) is 5.48. The zero-order valence-electron chi connectivity index (χ0n) is 16.7. The summed E-state index contributed by atoms with van der Waals surface area (Å²) in [4.78, 5) is 23.6. The van der Waals surface area contributed by atoms with Crippen LogP contribution in [0.15, 0.2) is 84.0 Å². The fraction of sp³-hybridized carbons (Fsp3) is 0.0435. The monoisotopic (exact) mass is 447 g/mol. The van der Waals surface area contributed by atoms with Crippen molar-refractivity contribution < 1.29 is 14.0 Å². The molecule has 4 rings (SSSR count). The van der Waals surface area contributed by atoms with Crippen LogP contribution < -0.4 is 11.1 Å². The number of hydrogen-bond acceptors (Lipinski definition) is 5. The fourth-order valence-corrected chi connectivity index (χ4v) is 3.79. The Morgan fingerprint density at radius 2 is 1.62 bits per heavy atom. The average molecular weight is 447 g/mol. The summed E-state index contributed by atoms with van der Waals surface area (Å²) in [6, 6.07) is 21.9. The van der Waals surface area contributed by atoms with Crippen molar-refractivity contribution in [1.82, 2.24) is 14.8 Å². The van der Waals surface area contributed by atoms with Crippen molar-refractivity contribution in [2.75, 3.05) is 11.1 Å². The Morgan fingerprint density at radius 3 is 2.31 bits per heavy atom. The van der Waals surface area contributed by atoms with E-state index in [-0.39, 0.29) is 11.7 Å². The zero-order valence-corrected chi connectivity index (χ0v) is 17.6. The Bertz CT molecular complexity index is 1260. The molecule has 0 aliphatic heterocycles. The van der Waals surface area contributed by atoms with E-state index in [2.05, 4.69) is 15.5 Å². The lowest BCUT2D eigenvalue weighted by Gasteiger charge is -2.11. The van der Waals surface area contributed by atoms with Crippen LogP contribution in [0.5, 0.6) is 0 Å². The standard InChI is InChI=1S/C23H18FN5O2S/c24-19-9-5-4-8-18(19)22-27-28-23(29(22)17-6-2-1-3-7-17)32-14-20(30)26-16-12-10-15(11-13-16)21(25)31/h1-13H,14H2,(H2,25,31)(H,26,30). The first-order chi connectivity index (χ1) is 15.5. The number of aromatic nitrogens is 3. The number of carbonyl (C=O) groups is 2. The highest BCUT2D eigenvalue weighted by molar-refractivity contribution is 7.99. The molecule has 32 heavy (non-hydrogen) atoms. The topological polar surface area (TPSA) is 103 Å². The van der Waals surface area contributed by atoms with Crippen molar-refractivity contribution in [3.63, 3.8) is 0 Å². The van der Waals surface area contributed by atoms with Crippen LogP contribution in [-0.4, -0.2) is 32.3 Å². The summed E-state index contributed by atoms with van der Waals surface area (Å²) in [5.74, 6) is -0.814. The Balaban J connectivity index is 1.55. The molecule has 0 aliphatic carbocycles. The molecule has 0 atom stereocenters. The Labute approximate surface area is 187 Å². The first-order valence-electron chi connectivity index (χ1n) is 9.61. The molecule has 0 spiro atoms. The second-order valence-electron chi connectivity index (χ2n) is 6.74. The van der Waals surface area contributed by atoms with Crippen molar-refractivity contribution in [3.05, 3.63) is 90.2 Å². The number of carbonyl (C=O) groups excluding carboxylic acids is 2. The highest BCUT2D eigenvalue weighted by Gasteiger charge is 2.19. The molecular weight excluding hydrogens is 429 g/mol. The summed E-state index contributed by atoms with van der Waals surface area (Å²) in [7, 11) is 0.